The van der Waals surface area contributed by atoms with E-state index >= 15 is 0 Å². The fourth-order valence-electron chi connectivity index (χ4n) is 2.62. The molecular weight excluding hydrogens is 400 g/mol. The van der Waals surface area contributed by atoms with Gasteiger partial charge in [0.05, 0.1) is 0 Å². The summed E-state index contributed by atoms with van der Waals surface area (Å²) in [6, 6.07) is 6.13. The molecule has 4 nitrogen and oxygen atoms in total. The van der Waals surface area contributed by atoms with E-state index in [0.717, 1.165) is 32.1 Å². The second kappa shape index (κ2) is 18.4. The summed E-state index contributed by atoms with van der Waals surface area (Å²) in [4.78, 5) is 23.0. The Balaban J connectivity index is 2.11. The molecule has 0 aliphatic heterocycles. The molecule has 1 aromatic rings. The van der Waals surface area contributed by atoms with Crippen molar-refractivity contribution in [3.05, 3.63) is 103 Å². The molecule has 0 heterocycles. The highest BCUT2D eigenvalue weighted by Crippen LogP contribution is 2.18. The van der Waals surface area contributed by atoms with Gasteiger partial charge in [0.1, 0.15) is 11.3 Å². The minimum atomic E-state index is -1.12. The van der Waals surface area contributed by atoms with Crippen molar-refractivity contribution in [2.75, 3.05) is 0 Å². The molecule has 0 aliphatic rings. The molecule has 0 aliphatic carbocycles. The lowest BCUT2D eigenvalue weighted by Crippen LogP contribution is -2.10. The highest BCUT2D eigenvalue weighted by atomic mass is 16.5. The van der Waals surface area contributed by atoms with Gasteiger partial charge in [0.15, 0.2) is 0 Å². The summed E-state index contributed by atoms with van der Waals surface area (Å²) in [5.41, 5.74) is -0.0144. The number of allylic oxidation sites excluding steroid dienone is 12. The van der Waals surface area contributed by atoms with E-state index in [1.165, 1.54) is 12.1 Å². The lowest BCUT2D eigenvalue weighted by atomic mass is 10.2. The van der Waals surface area contributed by atoms with Crippen LogP contribution < -0.4 is 4.74 Å². The Kier molecular flexibility index (Phi) is 15.3. The van der Waals surface area contributed by atoms with Crippen LogP contribution in [0.2, 0.25) is 0 Å². The first-order valence-electron chi connectivity index (χ1n) is 11.0. The van der Waals surface area contributed by atoms with Gasteiger partial charge in [-0.25, -0.2) is 4.79 Å². The van der Waals surface area contributed by atoms with Crippen molar-refractivity contribution in [1.29, 1.82) is 0 Å². The highest BCUT2D eigenvalue weighted by molar-refractivity contribution is 5.91. The molecule has 0 spiro atoms. The number of benzene rings is 1. The van der Waals surface area contributed by atoms with E-state index in [1.54, 1.807) is 12.1 Å². The van der Waals surface area contributed by atoms with E-state index in [9.17, 15) is 9.59 Å². The molecular formula is C28H34O4. The van der Waals surface area contributed by atoms with Gasteiger partial charge in [0.25, 0.3) is 0 Å². The van der Waals surface area contributed by atoms with Crippen molar-refractivity contribution >= 4 is 11.9 Å². The Bertz CT molecular complexity index is 854. The van der Waals surface area contributed by atoms with Crippen LogP contribution in [-0.2, 0) is 4.79 Å². The van der Waals surface area contributed by atoms with Crippen molar-refractivity contribution in [2.24, 2.45) is 0 Å². The summed E-state index contributed by atoms with van der Waals surface area (Å²) in [6.45, 7) is 2.03. The maximum absolute atomic E-state index is 11.9. The second-order valence-electron chi connectivity index (χ2n) is 6.92. The Hall–Kier alpha value is -3.40. The van der Waals surface area contributed by atoms with E-state index in [2.05, 4.69) is 60.8 Å². The van der Waals surface area contributed by atoms with E-state index in [4.69, 9.17) is 9.84 Å². The number of carbonyl (C=O) groups excluding carboxylic acids is 1. The Morgan fingerprint density at radius 3 is 1.72 bits per heavy atom. The number of rotatable bonds is 15. The Morgan fingerprint density at radius 1 is 0.750 bits per heavy atom. The van der Waals surface area contributed by atoms with Gasteiger partial charge < -0.3 is 9.84 Å². The van der Waals surface area contributed by atoms with Crippen molar-refractivity contribution in [3.63, 3.8) is 0 Å². The predicted octanol–water partition coefficient (Wildman–Crippen LogP) is 7.38. The van der Waals surface area contributed by atoms with Crippen LogP contribution in [-0.4, -0.2) is 17.0 Å². The lowest BCUT2D eigenvalue weighted by molar-refractivity contribution is -0.134. The van der Waals surface area contributed by atoms with Gasteiger partial charge in [-0.15, -0.1) is 0 Å². The molecule has 32 heavy (non-hydrogen) atoms. The van der Waals surface area contributed by atoms with Gasteiger partial charge >= 0.3 is 11.9 Å². The van der Waals surface area contributed by atoms with Crippen LogP contribution in [0.25, 0.3) is 0 Å². The molecule has 0 fully saturated rings. The van der Waals surface area contributed by atoms with E-state index in [-0.39, 0.29) is 17.7 Å². The zero-order valence-corrected chi connectivity index (χ0v) is 18.9. The van der Waals surface area contributed by atoms with Crippen molar-refractivity contribution in [1.82, 2.24) is 0 Å². The number of hydrogen-bond acceptors (Lipinski definition) is 3. The van der Waals surface area contributed by atoms with Crippen LogP contribution in [0.3, 0.4) is 0 Å². The number of ether oxygens (including phenoxy) is 1. The first kappa shape index (κ1) is 26.6. The third-order valence-electron chi connectivity index (χ3n) is 4.29. The number of hydrogen-bond donors (Lipinski definition) is 1. The Morgan fingerprint density at radius 2 is 1.22 bits per heavy atom. The number of carbonyl (C=O) groups is 2. The molecule has 0 aromatic heterocycles. The molecule has 0 unspecified atom stereocenters. The zero-order valence-electron chi connectivity index (χ0n) is 18.9. The summed E-state index contributed by atoms with van der Waals surface area (Å²) >= 11 is 0. The largest absolute Gasteiger partial charge is 0.478 e. The van der Waals surface area contributed by atoms with Crippen molar-refractivity contribution < 1.29 is 19.4 Å². The van der Waals surface area contributed by atoms with E-state index in [0.29, 0.717) is 6.42 Å². The first-order chi connectivity index (χ1) is 15.6. The Labute approximate surface area is 192 Å². The number of carboxylic acid groups (broad SMARTS) is 1. The van der Waals surface area contributed by atoms with Crippen molar-refractivity contribution in [3.8, 4) is 5.75 Å². The molecule has 1 N–H and O–H groups in total. The number of para-hydroxylation sites is 1. The molecule has 0 saturated carbocycles. The summed E-state index contributed by atoms with van der Waals surface area (Å²) in [6.07, 6.45) is 30.8. The van der Waals surface area contributed by atoms with E-state index < -0.39 is 11.9 Å². The molecule has 4 heteroatoms. The quantitative estimate of drug-likeness (QED) is 0.178. The smallest absolute Gasteiger partial charge is 0.339 e. The highest BCUT2D eigenvalue weighted by Gasteiger charge is 2.13. The molecule has 170 valence electrons. The SMILES string of the molecule is C/C=C/C/C=C/C/C=C/C/C=C/C/C=C/C/C=C/CCC(=O)Oc1ccccc1C(=O)O. The van der Waals surface area contributed by atoms with Crippen LogP contribution in [0.15, 0.2) is 97.2 Å². The fraction of sp³-hybridized carbons (Fsp3) is 0.286. The minimum Gasteiger partial charge on any atom is -0.478 e. The third-order valence-corrected chi connectivity index (χ3v) is 4.29. The fourth-order valence-corrected chi connectivity index (χ4v) is 2.62. The molecule has 0 saturated heterocycles. The van der Waals surface area contributed by atoms with Crippen molar-refractivity contribution in [2.45, 2.75) is 51.9 Å². The standard InChI is InChI=1S/C28H34O4/c1-2-3-4-5-6-7-8-9-10-11-12-13-14-15-16-17-18-19-24-27(29)32-26-23-21-20-22-25(26)28(30)31/h2-3,5-6,8-9,11-12,14-15,17-18,20-23H,4,7,10,13,16,19,24H2,1H3,(H,30,31)/b3-2+,6-5+,9-8+,12-11+,15-14+,18-17+. The van der Waals surface area contributed by atoms with Gasteiger partial charge in [-0.1, -0.05) is 85.0 Å². The molecule has 1 rings (SSSR count). The molecule has 0 radical (unpaired) electrons. The third kappa shape index (κ3) is 13.8. The molecule has 0 atom stereocenters. The second-order valence-corrected chi connectivity index (χ2v) is 6.92. The van der Waals surface area contributed by atoms with Gasteiger partial charge in [0, 0.05) is 6.42 Å². The van der Waals surface area contributed by atoms with Gasteiger partial charge in [-0.05, 0) is 57.6 Å². The summed E-state index contributed by atoms with van der Waals surface area (Å²) in [7, 11) is 0. The molecule has 0 amide bonds. The normalized spacial score (nSPS) is 12.4. The first-order valence-corrected chi connectivity index (χ1v) is 11.0. The van der Waals surface area contributed by atoms with Gasteiger partial charge in [-0.2, -0.15) is 0 Å². The van der Waals surface area contributed by atoms with Gasteiger partial charge in [-0.3, -0.25) is 4.79 Å². The predicted molar refractivity (Wildman–Crippen MR) is 132 cm³/mol. The summed E-state index contributed by atoms with van der Waals surface area (Å²) < 4.78 is 5.15. The van der Waals surface area contributed by atoms with Crippen LogP contribution in [0.5, 0.6) is 5.75 Å². The number of esters is 1. The topological polar surface area (TPSA) is 63.6 Å². The zero-order chi connectivity index (χ0) is 23.3. The molecule has 0 bridgehead atoms. The average molecular weight is 435 g/mol. The summed E-state index contributed by atoms with van der Waals surface area (Å²) in [5, 5.41) is 9.10. The molecule has 1 aromatic carbocycles. The monoisotopic (exact) mass is 434 g/mol. The number of carboxylic acids is 1. The van der Waals surface area contributed by atoms with Crippen LogP contribution in [0.1, 0.15) is 62.2 Å². The maximum atomic E-state index is 11.9. The average Bonchev–Trinajstić information content (AvgIpc) is 2.78. The number of aromatic carboxylic acids is 1. The minimum absolute atomic E-state index is 0.0144. The lowest BCUT2D eigenvalue weighted by Gasteiger charge is -2.06. The van der Waals surface area contributed by atoms with Gasteiger partial charge in [0.2, 0.25) is 0 Å². The van der Waals surface area contributed by atoms with Crippen LogP contribution in [0, 0.1) is 0 Å². The van der Waals surface area contributed by atoms with Crippen LogP contribution in [0.4, 0.5) is 0 Å². The summed E-state index contributed by atoms with van der Waals surface area (Å²) in [5.74, 6) is -1.48. The maximum Gasteiger partial charge on any atom is 0.339 e. The van der Waals surface area contributed by atoms with E-state index in [1.807, 2.05) is 19.1 Å². The van der Waals surface area contributed by atoms with Crippen LogP contribution >= 0.6 is 0 Å².